The molecule has 1 N–H and O–H groups in total. The number of rotatable bonds is 3. The minimum atomic E-state index is -0.597. The molecule has 4 nitrogen and oxygen atoms in total. The van der Waals surface area contributed by atoms with Crippen LogP contribution in [0, 0.1) is 0 Å². The number of carbonyl (C=O) groups is 1. The Morgan fingerprint density at radius 3 is 2.57 bits per heavy atom. The van der Waals surface area contributed by atoms with Gasteiger partial charge in [-0.2, -0.15) is 0 Å². The Labute approximate surface area is 140 Å². The van der Waals surface area contributed by atoms with Crippen LogP contribution < -0.4 is 0 Å². The first kappa shape index (κ1) is 15.8. The van der Waals surface area contributed by atoms with Gasteiger partial charge in [0, 0.05) is 11.6 Å². The van der Waals surface area contributed by atoms with Crippen molar-refractivity contribution in [3.05, 3.63) is 70.7 Å². The van der Waals surface area contributed by atoms with Gasteiger partial charge in [0.25, 0.3) is 0 Å². The predicted molar refractivity (Wildman–Crippen MR) is 88.1 cm³/mol. The van der Waals surface area contributed by atoms with E-state index in [0.717, 1.165) is 11.1 Å². The fourth-order valence-electron chi connectivity index (χ4n) is 2.85. The second kappa shape index (κ2) is 7.02. The molecule has 1 fully saturated rings. The minimum Gasteiger partial charge on any atom is -0.445 e. The van der Waals surface area contributed by atoms with E-state index in [0.29, 0.717) is 18.0 Å². The van der Waals surface area contributed by atoms with Crippen LogP contribution in [0.15, 0.2) is 54.6 Å². The highest BCUT2D eigenvalue weighted by Crippen LogP contribution is 2.33. The fourth-order valence-corrected chi connectivity index (χ4v) is 2.97. The normalized spacial score (nSPS) is 20.5. The molecule has 1 amide bonds. The summed E-state index contributed by atoms with van der Waals surface area (Å²) in [4.78, 5) is 14.0. The van der Waals surface area contributed by atoms with E-state index in [2.05, 4.69) is 0 Å². The molecule has 3 rings (SSSR count). The summed E-state index contributed by atoms with van der Waals surface area (Å²) >= 11 is 5.90. The third-order valence-electron chi connectivity index (χ3n) is 4.02. The van der Waals surface area contributed by atoms with Gasteiger partial charge in [0.05, 0.1) is 12.1 Å². The molecule has 2 aromatic rings. The number of carbonyl (C=O) groups excluding carboxylic acids is 1. The van der Waals surface area contributed by atoms with E-state index in [1.165, 1.54) is 0 Å². The van der Waals surface area contributed by atoms with Crippen molar-refractivity contribution in [1.82, 2.24) is 4.90 Å². The van der Waals surface area contributed by atoms with Crippen LogP contribution in [0.3, 0.4) is 0 Å². The van der Waals surface area contributed by atoms with Gasteiger partial charge >= 0.3 is 6.09 Å². The number of aliphatic hydroxyl groups excluding tert-OH is 1. The molecule has 0 aliphatic carbocycles. The maximum absolute atomic E-state index is 12.4. The van der Waals surface area contributed by atoms with Crippen LogP contribution in [0.2, 0.25) is 5.02 Å². The van der Waals surface area contributed by atoms with Crippen molar-refractivity contribution in [3.63, 3.8) is 0 Å². The van der Waals surface area contributed by atoms with E-state index < -0.39 is 18.2 Å². The van der Waals surface area contributed by atoms with Crippen molar-refractivity contribution < 1.29 is 14.6 Å². The van der Waals surface area contributed by atoms with Gasteiger partial charge in [0.1, 0.15) is 6.61 Å². The molecule has 2 aromatic carbocycles. The van der Waals surface area contributed by atoms with E-state index in [1.54, 1.807) is 17.0 Å². The van der Waals surface area contributed by atoms with Crippen LogP contribution in [0.1, 0.15) is 23.6 Å². The largest absolute Gasteiger partial charge is 0.445 e. The Morgan fingerprint density at radius 2 is 1.87 bits per heavy atom. The zero-order valence-corrected chi connectivity index (χ0v) is 13.3. The summed E-state index contributed by atoms with van der Waals surface area (Å²) in [6.07, 6.45) is -0.473. The Bertz CT molecular complexity index is 660. The molecule has 0 radical (unpaired) electrons. The third kappa shape index (κ3) is 3.66. The first-order valence-corrected chi connectivity index (χ1v) is 7.94. The smallest absolute Gasteiger partial charge is 0.410 e. The van der Waals surface area contributed by atoms with Crippen molar-refractivity contribution in [3.8, 4) is 0 Å². The maximum atomic E-state index is 12.4. The summed E-state index contributed by atoms with van der Waals surface area (Å²) in [5, 5.41) is 10.9. The van der Waals surface area contributed by atoms with Gasteiger partial charge in [-0.1, -0.05) is 54.1 Å². The number of hydrogen-bond acceptors (Lipinski definition) is 3. The second-order valence-electron chi connectivity index (χ2n) is 5.59. The monoisotopic (exact) mass is 331 g/mol. The van der Waals surface area contributed by atoms with Crippen LogP contribution in [0.5, 0.6) is 0 Å². The van der Waals surface area contributed by atoms with Crippen molar-refractivity contribution >= 4 is 17.7 Å². The molecule has 5 heteroatoms. The lowest BCUT2D eigenvalue weighted by Crippen LogP contribution is -2.33. The van der Waals surface area contributed by atoms with Gasteiger partial charge in [-0.05, 0) is 29.7 Å². The van der Waals surface area contributed by atoms with E-state index in [-0.39, 0.29) is 6.61 Å². The Balaban J connectivity index is 1.70. The zero-order chi connectivity index (χ0) is 16.2. The van der Waals surface area contributed by atoms with E-state index in [4.69, 9.17) is 16.3 Å². The number of aliphatic hydroxyl groups is 1. The molecule has 120 valence electrons. The molecule has 1 aliphatic rings. The van der Waals surface area contributed by atoms with Gasteiger partial charge in [0.2, 0.25) is 0 Å². The number of likely N-dealkylation sites (tertiary alicyclic amines) is 1. The first-order valence-electron chi connectivity index (χ1n) is 7.56. The number of amides is 1. The van der Waals surface area contributed by atoms with Crippen molar-refractivity contribution in [2.45, 2.75) is 25.2 Å². The summed E-state index contributed by atoms with van der Waals surface area (Å²) < 4.78 is 5.39. The number of benzene rings is 2. The molecule has 2 atom stereocenters. The molecular formula is C18H18ClNO3. The van der Waals surface area contributed by atoms with Gasteiger partial charge in [-0.25, -0.2) is 4.79 Å². The molecule has 0 spiro atoms. The van der Waals surface area contributed by atoms with Crippen LogP contribution >= 0.6 is 11.6 Å². The first-order chi connectivity index (χ1) is 11.1. The average Bonchev–Trinajstić information content (AvgIpc) is 2.96. The molecular weight excluding hydrogens is 314 g/mol. The lowest BCUT2D eigenvalue weighted by atomic mass is 10.0. The predicted octanol–water partition coefficient (Wildman–Crippen LogP) is 3.78. The summed E-state index contributed by atoms with van der Waals surface area (Å²) in [5.41, 5.74) is 1.79. The van der Waals surface area contributed by atoms with Gasteiger partial charge in [-0.3, -0.25) is 4.90 Å². The maximum Gasteiger partial charge on any atom is 0.410 e. The Kier molecular flexibility index (Phi) is 4.84. The van der Waals surface area contributed by atoms with Crippen LogP contribution in [-0.2, 0) is 11.3 Å². The molecule has 23 heavy (non-hydrogen) atoms. The zero-order valence-electron chi connectivity index (χ0n) is 12.6. The highest BCUT2D eigenvalue weighted by atomic mass is 35.5. The Morgan fingerprint density at radius 1 is 1.17 bits per heavy atom. The van der Waals surface area contributed by atoms with E-state index in [1.807, 2.05) is 42.5 Å². The van der Waals surface area contributed by atoms with Gasteiger partial charge < -0.3 is 9.84 Å². The SMILES string of the molecule is O=C(OCc1ccccc1)N1CC[C@@H](O)[C@H]1c1ccc(Cl)cc1. The van der Waals surface area contributed by atoms with Crippen molar-refractivity contribution in [2.75, 3.05) is 6.54 Å². The molecule has 1 heterocycles. The lowest BCUT2D eigenvalue weighted by molar-refractivity contribution is 0.0715. The molecule has 0 unspecified atom stereocenters. The van der Waals surface area contributed by atoms with Crippen molar-refractivity contribution in [2.24, 2.45) is 0 Å². The molecule has 0 bridgehead atoms. The summed E-state index contributed by atoms with van der Waals surface area (Å²) in [6.45, 7) is 0.696. The fraction of sp³-hybridized carbons (Fsp3) is 0.278. The number of nitrogens with zero attached hydrogens (tertiary/aromatic N) is 1. The van der Waals surface area contributed by atoms with Gasteiger partial charge in [0.15, 0.2) is 0 Å². The third-order valence-corrected chi connectivity index (χ3v) is 4.27. The Hall–Kier alpha value is -2.04. The van der Waals surface area contributed by atoms with Crippen LogP contribution in [0.4, 0.5) is 4.79 Å². The highest BCUT2D eigenvalue weighted by Gasteiger charge is 2.37. The number of hydrogen-bond donors (Lipinski definition) is 1. The molecule has 0 saturated carbocycles. The molecule has 1 aliphatic heterocycles. The standard InChI is InChI=1S/C18H18ClNO3/c19-15-8-6-14(7-9-15)17-16(21)10-11-20(17)18(22)23-12-13-4-2-1-3-5-13/h1-9,16-17,21H,10-12H2/t16-,17-/m1/s1. The van der Waals surface area contributed by atoms with Crippen LogP contribution in [0.25, 0.3) is 0 Å². The van der Waals surface area contributed by atoms with E-state index >= 15 is 0 Å². The minimum absolute atomic E-state index is 0.222. The summed E-state index contributed by atoms with van der Waals surface area (Å²) in [7, 11) is 0. The molecule has 1 saturated heterocycles. The summed E-state index contributed by atoms with van der Waals surface area (Å²) in [5.74, 6) is 0. The van der Waals surface area contributed by atoms with Gasteiger partial charge in [-0.15, -0.1) is 0 Å². The summed E-state index contributed by atoms with van der Waals surface area (Å²) in [6, 6.07) is 16.3. The lowest BCUT2D eigenvalue weighted by Gasteiger charge is -2.26. The highest BCUT2D eigenvalue weighted by molar-refractivity contribution is 6.30. The van der Waals surface area contributed by atoms with E-state index in [9.17, 15) is 9.90 Å². The second-order valence-corrected chi connectivity index (χ2v) is 6.02. The van der Waals surface area contributed by atoms with Crippen molar-refractivity contribution in [1.29, 1.82) is 0 Å². The van der Waals surface area contributed by atoms with Crippen LogP contribution in [-0.4, -0.2) is 28.7 Å². The number of ether oxygens (including phenoxy) is 1. The topological polar surface area (TPSA) is 49.8 Å². The quantitative estimate of drug-likeness (QED) is 0.931. The molecule has 0 aromatic heterocycles. The number of halogens is 1. The average molecular weight is 332 g/mol.